The normalized spacial score (nSPS) is 19.8. The van der Waals surface area contributed by atoms with Gasteiger partial charge in [-0.2, -0.15) is 0 Å². The molecule has 1 N–H and O–H groups in total. The maximum atomic E-state index is 5.98. The summed E-state index contributed by atoms with van der Waals surface area (Å²) in [4.78, 5) is 9.16. The highest BCUT2D eigenvalue weighted by molar-refractivity contribution is 8.13. The Kier molecular flexibility index (Phi) is 3.12. The SMILES string of the molecule is Clc1ccc2nc(CSC3=NC4C=CC=CN4N3)cn2c1. The second kappa shape index (κ2) is 5.13. The molecule has 5 nitrogen and oxygen atoms in total. The molecule has 0 aromatic carbocycles. The predicted octanol–water partition coefficient (Wildman–Crippen LogP) is 2.81. The quantitative estimate of drug-likeness (QED) is 0.925. The van der Waals surface area contributed by atoms with Crippen LogP contribution in [-0.2, 0) is 5.75 Å². The lowest BCUT2D eigenvalue weighted by Gasteiger charge is -2.20. The molecule has 0 fully saturated rings. The largest absolute Gasteiger partial charge is 0.305 e. The number of thioether (sulfide) groups is 1. The number of hydrogen-bond donors (Lipinski definition) is 1. The minimum Gasteiger partial charge on any atom is -0.305 e. The molecule has 0 saturated carbocycles. The first-order valence-corrected chi connectivity index (χ1v) is 7.88. The minimum absolute atomic E-state index is 0.0670. The van der Waals surface area contributed by atoms with E-state index in [1.807, 2.05) is 58.4 Å². The lowest BCUT2D eigenvalue weighted by atomic mass is 10.3. The van der Waals surface area contributed by atoms with Crippen molar-refractivity contribution in [3.63, 3.8) is 0 Å². The van der Waals surface area contributed by atoms with Crippen LogP contribution in [0.5, 0.6) is 0 Å². The summed E-state index contributed by atoms with van der Waals surface area (Å²) in [6, 6.07) is 3.76. The number of rotatable bonds is 2. The van der Waals surface area contributed by atoms with Crippen molar-refractivity contribution in [2.75, 3.05) is 0 Å². The van der Waals surface area contributed by atoms with Gasteiger partial charge in [-0.3, -0.25) is 10.4 Å². The van der Waals surface area contributed by atoms with E-state index in [1.165, 1.54) is 0 Å². The van der Waals surface area contributed by atoms with Crippen molar-refractivity contribution in [3.8, 4) is 0 Å². The summed E-state index contributed by atoms with van der Waals surface area (Å²) < 4.78 is 1.94. The predicted molar refractivity (Wildman–Crippen MR) is 86.0 cm³/mol. The van der Waals surface area contributed by atoms with Gasteiger partial charge in [0.05, 0.1) is 10.7 Å². The molecule has 1 atom stereocenters. The van der Waals surface area contributed by atoms with Crippen LogP contribution >= 0.6 is 23.4 Å². The summed E-state index contributed by atoms with van der Waals surface area (Å²) in [6.07, 6.45) is 11.9. The van der Waals surface area contributed by atoms with Crippen LogP contribution in [0.2, 0.25) is 5.02 Å². The third kappa shape index (κ3) is 2.52. The van der Waals surface area contributed by atoms with Crippen molar-refractivity contribution in [2.24, 2.45) is 4.99 Å². The van der Waals surface area contributed by atoms with E-state index in [9.17, 15) is 0 Å². The molecule has 4 rings (SSSR count). The Balaban J connectivity index is 1.46. The smallest absolute Gasteiger partial charge is 0.178 e. The van der Waals surface area contributed by atoms with Gasteiger partial charge in [0.2, 0.25) is 0 Å². The average Bonchev–Trinajstić information content (AvgIpc) is 3.07. The van der Waals surface area contributed by atoms with Crippen molar-refractivity contribution in [2.45, 2.75) is 11.9 Å². The molecule has 0 spiro atoms. The van der Waals surface area contributed by atoms with Gasteiger partial charge in [-0.15, -0.1) is 0 Å². The van der Waals surface area contributed by atoms with E-state index in [1.54, 1.807) is 11.8 Å². The Morgan fingerprint density at radius 1 is 1.29 bits per heavy atom. The molecule has 0 radical (unpaired) electrons. The van der Waals surface area contributed by atoms with E-state index in [2.05, 4.69) is 15.4 Å². The molecule has 2 aliphatic rings. The van der Waals surface area contributed by atoms with E-state index in [4.69, 9.17) is 11.6 Å². The fourth-order valence-electron chi connectivity index (χ4n) is 2.25. The number of hydrazine groups is 1. The van der Waals surface area contributed by atoms with E-state index in [0.717, 1.165) is 22.3 Å². The number of amidine groups is 1. The number of nitrogens with one attached hydrogen (secondary N) is 1. The number of pyridine rings is 1. The first-order valence-electron chi connectivity index (χ1n) is 6.52. The standard InChI is InChI=1S/C14H12ClN5S/c15-10-4-5-12-16-11(8-19(12)7-10)9-21-14-17-13-3-1-2-6-20(13)18-14/h1-8,13H,9H2,(H,17,18). The van der Waals surface area contributed by atoms with E-state index in [0.29, 0.717) is 5.02 Å². The molecule has 7 heteroatoms. The second-order valence-electron chi connectivity index (χ2n) is 4.73. The molecule has 106 valence electrons. The molecule has 0 saturated heterocycles. The molecule has 4 heterocycles. The van der Waals surface area contributed by atoms with E-state index < -0.39 is 0 Å². The highest BCUT2D eigenvalue weighted by Crippen LogP contribution is 2.21. The lowest BCUT2D eigenvalue weighted by molar-refractivity contribution is 0.315. The average molecular weight is 318 g/mol. The number of allylic oxidation sites excluding steroid dienone is 2. The van der Waals surface area contributed by atoms with Crippen molar-refractivity contribution in [1.29, 1.82) is 0 Å². The number of fused-ring (bicyclic) bond motifs is 2. The Bertz CT molecular complexity index is 779. The highest BCUT2D eigenvalue weighted by Gasteiger charge is 2.22. The van der Waals surface area contributed by atoms with Crippen LogP contribution in [-0.4, -0.2) is 25.7 Å². The first-order chi connectivity index (χ1) is 10.3. The Labute approximate surface area is 131 Å². The number of nitrogens with zero attached hydrogens (tertiary/aromatic N) is 4. The van der Waals surface area contributed by atoms with E-state index in [-0.39, 0.29) is 6.17 Å². The van der Waals surface area contributed by atoms with Crippen LogP contribution in [0.4, 0.5) is 0 Å². The lowest BCUT2D eigenvalue weighted by Crippen LogP contribution is -2.35. The van der Waals surface area contributed by atoms with Gasteiger partial charge in [-0.05, 0) is 24.3 Å². The molecular weight excluding hydrogens is 306 g/mol. The fourth-order valence-corrected chi connectivity index (χ4v) is 3.20. The third-order valence-electron chi connectivity index (χ3n) is 3.22. The molecule has 0 bridgehead atoms. The summed E-state index contributed by atoms with van der Waals surface area (Å²) in [5.74, 6) is 0.763. The van der Waals surface area contributed by atoms with Crippen molar-refractivity contribution >= 4 is 34.2 Å². The van der Waals surface area contributed by atoms with Gasteiger partial charge in [-0.25, -0.2) is 9.98 Å². The second-order valence-corrected chi connectivity index (χ2v) is 6.13. The number of aliphatic imine (C=N–C) groups is 1. The number of hydrogen-bond acceptors (Lipinski definition) is 5. The van der Waals surface area contributed by atoms with Gasteiger partial charge >= 0.3 is 0 Å². The Hall–Kier alpha value is -1.92. The summed E-state index contributed by atoms with van der Waals surface area (Å²) >= 11 is 7.62. The number of aromatic nitrogens is 2. The zero-order valence-corrected chi connectivity index (χ0v) is 12.6. The molecular formula is C14H12ClN5S. The molecule has 1 unspecified atom stereocenters. The van der Waals surface area contributed by atoms with Gasteiger partial charge in [0.25, 0.3) is 0 Å². The zero-order chi connectivity index (χ0) is 14.2. The van der Waals surface area contributed by atoms with Gasteiger partial charge in [0.1, 0.15) is 5.65 Å². The van der Waals surface area contributed by atoms with Crippen LogP contribution in [0.3, 0.4) is 0 Å². The minimum atomic E-state index is 0.0670. The molecule has 0 aliphatic carbocycles. The number of halogens is 1. The van der Waals surface area contributed by atoms with Crippen LogP contribution in [0.15, 0.2) is 53.9 Å². The maximum Gasteiger partial charge on any atom is 0.178 e. The van der Waals surface area contributed by atoms with Crippen molar-refractivity contribution < 1.29 is 0 Å². The van der Waals surface area contributed by atoms with Crippen LogP contribution < -0.4 is 5.43 Å². The van der Waals surface area contributed by atoms with Crippen LogP contribution in [0.1, 0.15) is 5.69 Å². The van der Waals surface area contributed by atoms with Crippen LogP contribution in [0.25, 0.3) is 5.65 Å². The molecule has 0 amide bonds. The summed E-state index contributed by atoms with van der Waals surface area (Å²) in [5, 5.41) is 3.59. The first kappa shape index (κ1) is 12.8. The highest BCUT2D eigenvalue weighted by atomic mass is 35.5. The topological polar surface area (TPSA) is 44.9 Å². The van der Waals surface area contributed by atoms with Gasteiger partial charge < -0.3 is 4.40 Å². The van der Waals surface area contributed by atoms with Gasteiger partial charge in [0.15, 0.2) is 11.3 Å². The summed E-state index contributed by atoms with van der Waals surface area (Å²) in [6.45, 7) is 0. The molecule has 21 heavy (non-hydrogen) atoms. The fraction of sp³-hybridized carbons (Fsp3) is 0.143. The zero-order valence-electron chi connectivity index (χ0n) is 11.0. The molecule has 2 aliphatic heterocycles. The van der Waals surface area contributed by atoms with Gasteiger partial charge in [-0.1, -0.05) is 29.4 Å². The summed E-state index contributed by atoms with van der Waals surface area (Å²) in [7, 11) is 0. The van der Waals surface area contributed by atoms with E-state index >= 15 is 0 Å². The molecule has 2 aromatic heterocycles. The van der Waals surface area contributed by atoms with Crippen LogP contribution in [0, 0.1) is 0 Å². The van der Waals surface area contributed by atoms with Crippen molar-refractivity contribution in [3.05, 3.63) is 59.7 Å². The number of imidazole rings is 1. The van der Waals surface area contributed by atoms with Gasteiger partial charge in [0, 0.05) is 24.3 Å². The third-order valence-corrected chi connectivity index (χ3v) is 4.36. The monoisotopic (exact) mass is 317 g/mol. The van der Waals surface area contributed by atoms with Crippen molar-refractivity contribution in [1.82, 2.24) is 19.8 Å². The molecule has 2 aromatic rings. The summed E-state index contributed by atoms with van der Waals surface area (Å²) in [5.41, 5.74) is 5.16. The Morgan fingerprint density at radius 3 is 3.14 bits per heavy atom. The Morgan fingerprint density at radius 2 is 2.24 bits per heavy atom. The maximum absolute atomic E-state index is 5.98.